The Morgan fingerprint density at radius 1 is 1.36 bits per heavy atom. The van der Waals surface area contributed by atoms with Gasteiger partial charge in [0.15, 0.2) is 0 Å². The zero-order valence-electron chi connectivity index (χ0n) is 9.00. The molecule has 0 aromatic rings. The van der Waals surface area contributed by atoms with Crippen LogP contribution in [0.5, 0.6) is 0 Å². The molecule has 0 N–H and O–H groups in total. The molecular formula is C12H20O2. The van der Waals surface area contributed by atoms with Gasteiger partial charge in [-0.25, -0.2) is 0 Å². The number of fused-ring (bicyclic) bond motifs is 1. The van der Waals surface area contributed by atoms with Gasteiger partial charge in [0, 0.05) is 0 Å². The average Bonchev–Trinajstić information content (AvgIpc) is 2.20. The van der Waals surface area contributed by atoms with E-state index in [2.05, 4.69) is 6.92 Å². The minimum Gasteiger partial charge on any atom is -0.465 e. The smallest absolute Gasteiger partial charge is 0.309 e. The van der Waals surface area contributed by atoms with Crippen molar-refractivity contribution in [3.8, 4) is 0 Å². The van der Waals surface area contributed by atoms with Gasteiger partial charge in [-0.1, -0.05) is 26.2 Å². The number of hydrogen-bond acceptors (Lipinski definition) is 2. The van der Waals surface area contributed by atoms with Gasteiger partial charge in [-0.05, 0) is 31.1 Å². The summed E-state index contributed by atoms with van der Waals surface area (Å²) in [4.78, 5) is 11.6. The number of cyclic esters (lactones) is 1. The van der Waals surface area contributed by atoms with Crippen molar-refractivity contribution in [2.75, 3.05) is 6.61 Å². The van der Waals surface area contributed by atoms with Crippen LogP contribution in [0.25, 0.3) is 0 Å². The van der Waals surface area contributed by atoms with Crippen LogP contribution in [0.1, 0.15) is 45.4 Å². The van der Waals surface area contributed by atoms with Crippen LogP contribution >= 0.6 is 0 Å². The predicted octanol–water partition coefficient (Wildman–Crippen LogP) is 2.77. The second-order valence-corrected chi connectivity index (χ2v) is 4.79. The number of hydrogen-bond donors (Lipinski definition) is 0. The fourth-order valence-electron chi connectivity index (χ4n) is 3.04. The van der Waals surface area contributed by atoms with Gasteiger partial charge in [0.25, 0.3) is 0 Å². The maximum Gasteiger partial charge on any atom is 0.309 e. The zero-order valence-corrected chi connectivity index (χ0v) is 9.00. The van der Waals surface area contributed by atoms with Crippen LogP contribution in [0.2, 0.25) is 0 Å². The zero-order chi connectivity index (χ0) is 9.97. The van der Waals surface area contributed by atoms with Crippen LogP contribution in [-0.4, -0.2) is 12.6 Å². The third-order valence-corrected chi connectivity index (χ3v) is 3.83. The Labute approximate surface area is 86.0 Å². The second-order valence-electron chi connectivity index (χ2n) is 4.79. The van der Waals surface area contributed by atoms with E-state index in [4.69, 9.17) is 4.74 Å². The molecule has 0 aromatic carbocycles. The molecule has 2 nitrogen and oxygen atoms in total. The van der Waals surface area contributed by atoms with Gasteiger partial charge in [0.05, 0.1) is 12.5 Å². The lowest BCUT2D eigenvalue weighted by Crippen LogP contribution is -2.37. The van der Waals surface area contributed by atoms with Gasteiger partial charge in [-0.2, -0.15) is 0 Å². The largest absolute Gasteiger partial charge is 0.465 e. The molecule has 1 aliphatic carbocycles. The maximum atomic E-state index is 11.6. The first-order valence-corrected chi connectivity index (χ1v) is 5.98. The lowest BCUT2D eigenvalue weighted by molar-refractivity contribution is -0.159. The summed E-state index contributed by atoms with van der Waals surface area (Å²) < 4.78 is 5.13. The highest BCUT2D eigenvalue weighted by atomic mass is 16.5. The highest BCUT2D eigenvalue weighted by molar-refractivity contribution is 5.73. The molecule has 80 valence electrons. The molecule has 2 fully saturated rings. The molecule has 0 radical (unpaired) electrons. The summed E-state index contributed by atoms with van der Waals surface area (Å²) >= 11 is 0. The highest BCUT2D eigenvalue weighted by Gasteiger charge is 2.38. The molecule has 0 bridgehead atoms. The van der Waals surface area contributed by atoms with Gasteiger partial charge < -0.3 is 4.74 Å². The van der Waals surface area contributed by atoms with Gasteiger partial charge >= 0.3 is 5.97 Å². The molecule has 1 saturated carbocycles. The van der Waals surface area contributed by atoms with E-state index in [9.17, 15) is 4.79 Å². The Morgan fingerprint density at radius 2 is 2.21 bits per heavy atom. The maximum absolute atomic E-state index is 11.6. The predicted molar refractivity (Wildman–Crippen MR) is 54.8 cm³/mol. The van der Waals surface area contributed by atoms with Crippen molar-refractivity contribution in [3.63, 3.8) is 0 Å². The van der Waals surface area contributed by atoms with Crippen LogP contribution in [0.3, 0.4) is 0 Å². The normalized spacial score (nSPS) is 37.5. The summed E-state index contributed by atoms with van der Waals surface area (Å²) in [6, 6.07) is 0. The Balaban J connectivity index is 1.95. The Hall–Kier alpha value is -0.530. The van der Waals surface area contributed by atoms with Crippen LogP contribution in [0.15, 0.2) is 0 Å². The second kappa shape index (κ2) is 4.33. The van der Waals surface area contributed by atoms with Crippen LogP contribution < -0.4 is 0 Å². The topological polar surface area (TPSA) is 26.3 Å². The first kappa shape index (κ1) is 10.0. The number of carbonyl (C=O) groups excluding carboxylic acids is 1. The van der Waals surface area contributed by atoms with Crippen molar-refractivity contribution >= 4 is 5.97 Å². The van der Waals surface area contributed by atoms with Crippen molar-refractivity contribution in [2.24, 2.45) is 17.8 Å². The van der Waals surface area contributed by atoms with Crippen molar-refractivity contribution in [1.29, 1.82) is 0 Å². The quantitative estimate of drug-likeness (QED) is 0.635. The molecular weight excluding hydrogens is 176 g/mol. The van der Waals surface area contributed by atoms with Crippen molar-refractivity contribution in [2.45, 2.75) is 45.4 Å². The summed E-state index contributed by atoms with van der Waals surface area (Å²) in [5.74, 6) is 1.76. The first-order valence-electron chi connectivity index (χ1n) is 5.98. The van der Waals surface area contributed by atoms with E-state index in [1.54, 1.807) is 0 Å². The van der Waals surface area contributed by atoms with Crippen LogP contribution in [0, 0.1) is 17.8 Å². The first-order chi connectivity index (χ1) is 6.81. The van der Waals surface area contributed by atoms with Gasteiger partial charge in [0.1, 0.15) is 0 Å². The van der Waals surface area contributed by atoms with Crippen molar-refractivity contribution < 1.29 is 9.53 Å². The monoisotopic (exact) mass is 196 g/mol. The number of carbonyl (C=O) groups is 1. The third kappa shape index (κ3) is 1.94. The molecule has 1 heterocycles. The van der Waals surface area contributed by atoms with Crippen LogP contribution in [0.4, 0.5) is 0 Å². The molecule has 14 heavy (non-hydrogen) atoms. The fourth-order valence-corrected chi connectivity index (χ4v) is 3.04. The molecule has 0 unspecified atom stereocenters. The van der Waals surface area contributed by atoms with E-state index < -0.39 is 0 Å². The van der Waals surface area contributed by atoms with Crippen molar-refractivity contribution in [1.82, 2.24) is 0 Å². The summed E-state index contributed by atoms with van der Waals surface area (Å²) in [6.45, 7) is 2.89. The summed E-state index contributed by atoms with van der Waals surface area (Å²) in [7, 11) is 0. The Bertz CT molecular complexity index is 212. The minimum atomic E-state index is 0.0852. The summed E-state index contributed by atoms with van der Waals surface area (Å²) in [6.07, 6.45) is 7.33. The van der Waals surface area contributed by atoms with E-state index in [0.717, 1.165) is 18.8 Å². The Kier molecular flexibility index (Phi) is 3.09. The lowest BCUT2D eigenvalue weighted by Gasteiger charge is -2.37. The molecule has 0 amide bonds. The molecule has 2 rings (SSSR count). The van der Waals surface area contributed by atoms with Crippen LogP contribution in [-0.2, 0) is 9.53 Å². The van der Waals surface area contributed by atoms with E-state index in [-0.39, 0.29) is 11.9 Å². The van der Waals surface area contributed by atoms with E-state index in [0.29, 0.717) is 12.5 Å². The number of rotatable bonds is 2. The summed E-state index contributed by atoms with van der Waals surface area (Å²) in [5, 5.41) is 0. The molecule has 1 aliphatic heterocycles. The minimum absolute atomic E-state index is 0.0852. The molecule has 0 aromatic heterocycles. The third-order valence-electron chi connectivity index (χ3n) is 3.83. The van der Waals surface area contributed by atoms with Gasteiger partial charge in [-0.3, -0.25) is 4.79 Å². The number of ether oxygens (including phenoxy) is 1. The van der Waals surface area contributed by atoms with E-state index >= 15 is 0 Å². The molecule has 2 aliphatic rings. The fraction of sp³-hybridized carbons (Fsp3) is 0.917. The van der Waals surface area contributed by atoms with Gasteiger partial charge in [0.2, 0.25) is 0 Å². The molecule has 3 atom stereocenters. The molecule has 2 heteroatoms. The van der Waals surface area contributed by atoms with Crippen molar-refractivity contribution in [3.05, 3.63) is 0 Å². The van der Waals surface area contributed by atoms with E-state index in [1.165, 1.54) is 25.7 Å². The van der Waals surface area contributed by atoms with Gasteiger partial charge in [-0.15, -0.1) is 0 Å². The molecule has 1 saturated heterocycles. The molecule has 0 spiro atoms. The highest BCUT2D eigenvalue weighted by Crippen LogP contribution is 2.40. The Morgan fingerprint density at radius 3 is 3.00 bits per heavy atom. The number of esters is 1. The average molecular weight is 196 g/mol. The summed E-state index contributed by atoms with van der Waals surface area (Å²) in [5.41, 5.74) is 0. The van der Waals surface area contributed by atoms with E-state index in [1.807, 2.05) is 0 Å². The lowest BCUT2D eigenvalue weighted by atomic mass is 9.71. The standard InChI is InChI=1S/C12H20O2/c1-2-3-9-4-5-10-6-7-14-12(13)11(10)8-9/h9-11H,2-8H2,1H3/t9-,10-,11-/m1/s1. The SMILES string of the molecule is CCC[C@@H]1CC[C@@H]2CCOC(=O)[C@@H]2C1.